The van der Waals surface area contributed by atoms with Gasteiger partial charge in [-0.15, -0.1) is 0 Å². The molecule has 0 saturated carbocycles. The molecule has 0 spiro atoms. The first kappa shape index (κ1) is 12.6. The van der Waals surface area contributed by atoms with Crippen LogP contribution in [0.1, 0.15) is 27.4 Å². The lowest BCUT2D eigenvalue weighted by molar-refractivity contribution is 0.0672. The van der Waals surface area contributed by atoms with Crippen LogP contribution in [0.15, 0.2) is 6.33 Å². The fourth-order valence-corrected chi connectivity index (χ4v) is 2.16. The minimum Gasteiger partial charge on any atom is -0.477 e. The van der Waals surface area contributed by atoms with Gasteiger partial charge in [0, 0.05) is 26.1 Å². The fraction of sp³-hybridized carbons (Fsp3) is 0.545. The topological polar surface area (TPSA) is 95.5 Å². The summed E-state index contributed by atoms with van der Waals surface area (Å²) in [6.07, 6.45) is 2.09. The number of hydrogen-bond donors (Lipinski definition) is 2. The highest BCUT2D eigenvalue weighted by Gasteiger charge is 2.30. The van der Waals surface area contributed by atoms with Crippen LogP contribution in [0.2, 0.25) is 0 Å². The fourth-order valence-electron chi connectivity index (χ4n) is 2.16. The number of aromatic carboxylic acids is 1. The van der Waals surface area contributed by atoms with Crippen LogP contribution in [0, 0.1) is 5.92 Å². The van der Waals surface area contributed by atoms with E-state index in [0.29, 0.717) is 25.6 Å². The minimum atomic E-state index is -1.18. The van der Waals surface area contributed by atoms with Gasteiger partial charge in [0.05, 0.1) is 12.9 Å². The second-order valence-electron chi connectivity index (χ2n) is 4.29. The maximum absolute atomic E-state index is 12.1. The average molecular weight is 253 g/mol. The Kier molecular flexibility index (Phi) is 3.61. The molecular weight excluding hydrogens is 238 g/mol. The highest BCUT2D eigenvalue weighted by molar-refractivity contribution is 6.02. The number of carboxylic acid groups (broad SMARTS) is 1. The van der Waals surface area contributed by atoms with Crippen LogP contribution in [0.4, 0.5) is 0 Å². The molecule has 1 aromatic rings. The lowest BCUT2D eigenvalue weighted by Gasteiger charge is -2.15. The molecule has 2 heterocycles. The Morgan fingerprint density at radius 2 is 2.44 bits per heavy atom. The van der Waals surface area contributed by atoms with E-state index in [9.17, 15) is 9.59 Å². The molecule has 1 atom stereocenters. The SMILES string of the molecule is COCC1CCN(C(=O)c2nc[nH]c2C(=O)O)C1. The van der Waals surface area contributed by atoms with E-state index in [1.807, 2.05) is 0 Å². The lowest BCUT2D eigenvalue weighted by Crippen LogP contribution is -2.30. The van der Waals surface area contributed by atoms with Gasteiger partial charge < -0.3 is 19.7 Å². The van der Waals surface area contributed by atoms with Crippen LogP contribution in [0.25, 0.3) is 0 Å². The maximum atomic E-state index is 12.1. The second-order valence-corrected chi connectivity index (χ2v) is 4.29. The summed E-state index contributed by atoms with van der Waals surface area (Å²) in [5, 5.41) is 8.92. The number of imidazole rings is 1. The summed E-state index contributed by atoms with van der Waals surface area (Å²) in [6, 6.07) is 0. The largest absolute Gasteiger partial charge is 0.477 e. The Bertz CT molecular complexity index is 457. The number of carbonyl (C=O) groups is 2. The second kappa shape index (κ2) is 5.18. The number of carbonyl (C=O) groups excluding carboxylic acids is 1. The van der Waals surface area contributed by atoms with Crippen LogP contribution in [-0.4, -0.2) is 58.7 Å². The molecule has 1 aliphatic heterocycles. The van der Waals surface area contributed by atoms with Gasteiger partial charge in [-0.25, -0.2) is 9.78 Å². The predicted octanol–water partition coefficient (Wildman–Crippen LogP) is 0.216. The van der Waals surface area contributed by atoms with Gasteiger partial charge in [0.1, 0.15) is 0 Å². The number of nitrogens with one attached hydrogen (secondary N) is 1. The van der Waals surface area contributed by atoms with Crippen LogP contribution in [0.3, 0.4) is 0 Å². The smallest absolute Gasteiger partial charge is 0.354 e. The van der Waals surface area contributed by atoms with Crippen LogP contribution >= 0.6 is 0 Å². The third-order valence-electron chi connectivity index (χ3n) is 3.03. The molecule has 1 fully saturated rings. The summed E-state index contributed by atoms with van der Waals surface area (Å²) in [5.41, 5.74) is -0.184. The van der Waals surface area contributed by atoms with E-state index < -0.39 is 5.97 Å². The number of likely N-dealkylation sites (tertiary alicyclic amines) is 1. The van der Waals surface area contributed by atoms with Crippen LogP contribution in [0.5, 0.6) is 0 Å². The zero-order valence-corrected chi connectivity index (χ0v) is 10.0. The van der Waals surface area contributed by atoms with E-state index in [0.717, 1.165) is 6.42 Å². The molecule has 1 aliphatic rings. The number of methoxy groups -OCH3 is 1. The highest BCUT2D eigenvalue weighted by Crippen LogP contribution is 2.19. The van der Waals surface area contributed by atoms with E-state index in [-0.39, 0.29) is 17.3 Å². The molecule has 0 bridgehead atoms. The summed E-state index contributed by atoms with van der Waals surface area (Å²) in [4.78, 5) is 30.9. The van der Waals surface area contributed by atoms with Gasteiger partial charge >= 0.3 is 5.97 Å². The molecule has 1 saturated heterocycles. The van der Waals surface area contributed by atoms with Crippen molar-refractivity contribution in [3.63, 3.8) is 0 Å². The Morgan fingerprint density at radius 3 is 3.11 bits per heavy atom. The molecule has 2 rings (SSSR count). The Balaban J connectivity index is 2.08. The van der Waals surface area contributed by atoms with Gasteiger partial charge in [0.2, 0.25) is 0 Å². The first-order chi connectivity index (χ1) is 8.63. The number of nitrogens with zero attached hydrogens (tertiary/aromatic N) is 2. The first-order valence-electron chi connectivity index (χ1n) is 5.68. The van der Waals surface area contributed by atoms with E-state index in [1.54, 1.807) is 12.0 Å². The molecular formula is C11H15N3O4. The van der Waals surface area contributed by atoms with E-state index in [4.69, 9.17) is 9.84 Å². The first-order valence-corrected chi connectivity index (χ1v) is 5.68. The Morgan fingerprint density at radius 1 is 1.67 bits per heavy atom. The summed E-state index contributed by atoms with van der Waals surface area (Å²) in [5.74, 6) is -1.21. The summed E-state index contributed by atoms with van der Waals surface area (Å²) in [7, 11) is 1.63. The van der Waals surface area contributed by atoms with Gasteiger partial charge in [-0.2, -0.15) is 0 Å². The van der Waals surface area contributed by atoms with Crippen molar-refractivity contribution in [2.24, 2.45) is 5.92 Å². The summed E-state index contributed by atoms with van der Waals surface area (Å²) < 4.78 is 5.05. The average Bonchev–Trinajstić information content (AvgIpc) is 2.96. The number of amides is 1. The molecule has 1 unspecified atom stereocenters. The maximum Gasteiger partial charge on any atom is 0.354 e. The summed E-state index contributed by atoms with van der Waals surface area (Å²) >= 11 is 0. The zero-order chi connectivity index (χ0) is 13.1. The van der Waals surface area contributed by atoms with Gasteiger partial charge in [0.25, 0.3) is 5.91 Å². The molecule has 0 aromatic carbocycles. The normalized spacial score (nSPS) is 19.2. The monoisotopic (exact) mass is 253 g/mol. The van der Waals surface area contributed by atoms with Crippen molar-refractivity contribution in [2.45, 2.75) is 6.42 Å². The molecule has 0 aliphatic carbocycles. The van der Waals surface area contributed by atoms with Crippen molar-refractivity contribution in [1.82, 2.24) is 14.9 Å². The van der Waals surface area contributed by atoms with Crippen LogP contribution in [-0.2, 0) is 4.74 Å². The number of rotatable bonds is 4. The summed E-state index contributed by atoms with van der Waals surface area (Å²) in [6.45, 7) is 1.80. The van der Waals surface area contributed by atoms with Crippen molar-refractivity contribution < 1.29 is 19.4 Å². The predicted molar refractivity (Wildman–Crippen MR) is 61.4 cm³/mol. The van der Waals surface area contributed by atoms with Crippen LogP contribution < -0.4 is 0 Å². The molecule has 0 radical (unpaired) electrons. The van der Waals surface area contributed by atoms with E-state index in [2.05, 4.69) is 9.97 Å². The lowest BCUT2D eigenvalue weighted by atomic mass is 10.1. The van der Waals surface area contributed by atoms with Crippen molar-refractivity contribution in [3.05, 3.63) is 17.7 Å². The quantitative estimate of drug-likeness (QED) is 0.800. The number of aromatic nitrogens is 2. The van der Waals surface area contributed by atoms with Crippen molar-refractivity contribution in [1.29, 1.82) is 0 Å². The highest BCUT2D eigenvalue weighted by atomic mass is 16.5. The number of carboxylic acids is 1. The van der Waals surface area contributed by atoms with E-state index >= 15 is 0 Å². The number of ether oxygens (including phenoxy) is 1. The molecule has 7 nitrogen and oxygen atoms in total. The standard InChI is InChI=1S/C11H15N3O4/c1-18-5-7-2-3-14(4-7)10(15)8-9(11(16)17)13-6-12-8/h6-7H,2-5H2,1H3,(H,12,13)(H,16,17). The van der Waals surface area contributed by atoms with Crippen molar-refractivity contribution in [2.75, 3.05) is 26.8 Å². The third kappa shape index (κ3) is 2.35. The third-order valence-corrected chi connectivity index (χ3v) is 3.03. The molecule has 98 valence electrons. The van der Waals surface area contributed by atoms with E-state index in [1.165, 1.54) is 6.33 Å². The van der Waals surface area contributed by atoms with Gasteiger partial charge in [-0.1, -0.05) is 0 Å². The molecule has 18 heavy (non-hydrogen) atoms. The molecule has 1 amide bonds. The van der Waals surface area contributed by atoms with Gasteiger partial charge in [-0.3, -0.25) is 4.79 Å². The Hall–Kier alpha value is -1.89. The molecule has 2 N–H and O–H groups in total. The molecule has 7 heteroatoms. The van der Waals surface area contributed by atoms with Gasteiger partial charge in [0.15, 0.2) is 11.4 Å². The molecule has 1 aromatic heterocycles. The number of H-pyrrole nitrogens is 1. The van der Waals surface area contributed by atoms with Crippen molar-refractivity contribution in [3.8, 4) is 0 Å². The number of hydrogen-bond acceptors (Lipinski definition) is 4. The minimum absolute atomic E-state index is 0.0273. The van der Waals surface area contributed by atoms with Crippen molar-refractivity contribution >= 4 is 11.9 Å². The van der Waals surface area contributed by atoms with Gasteiger partial charge in [-0.05, 0) is 6.42 Å². The number of aromatic amines is 1. The Labute approximate surface area is 104 Å². The zero-order valence-electron chi connectivity index (χ0n) is 10.0.